The molecule has 1 N–H and O–H groups in total. The third kappa shape index (κ3) is 3.76. The van der Waals surface area contributed by atoms with Crippen LogP contribution in [0.4, 0.5) is 0 Å². The summed E-state index contributed by atoms with van der Waals surface area (Å²) in [6, 6.07) is 13.1. The quantitative estimate of drug-likeness (QED) is 0.517. The van der Waals surface area contributed by atoms with E-state index in [1.165, 1.54) is 39.3 Å². The van der Waals surface area contributed by atoms with Crippen molar-refractivity contribution in [2.24, 2.45) is 0 Å². The van der Waals surface area contributed by atoms with E-state index in [0.29, 0.717) is 0 Å². The van der Waals surface area contributed by atoms with Crippen LogP contribution in [0.2, 0.25) is 0 Å². The van der Waals surface area contributed by atoms with Gasteiger partial charge in [0.2, 0.25) is 0 Å². The van der Waals surface area contributed by atoms with Gasteiger partial charge >= 0.3 is 0 Å². The number of aromatic nitrogens is 2. The maximum absolute atomic E-state index is 5.77. The summed E-state index contributed by atoms with van der Waals surface area (Å²) in [7, 11) is 0. The smallest absolute Gasteiger partial charge is 0.170 e. The molecule has 1 saturated heterocycles. The summed E-state index contributed by atoms with van der Waals surface area (Å²) < 4.78 is 2.42. The van der Waals surface area contributed by atoms with Gasteiger partial charge in [0.1, 0.15) is 0 Å². The zero-order valence-electron chi connectivity index (χ0n) is 19.4. The van der Waals surface area contributed by atoms with Crippen LogP contribution < -0.4 is 5.32 Å². The number of nitrogens with one attached hydrogen (secondary N) is 1. The fourth-order valence-corrected chi connectivity index (χ4v) is 5.51. The van der Waals surface area contributed by atoms with Crippen LogP contribution in [0.5, 0.6) is 0 Å². The molecule has 0 aliphatic carbocycles. The van der Waals surface area contributed by atoms with E-state index in [-0.39, 0.29) is 12.1 Å². The van der Waals surface area contributed by atoms with Crippen molar-refractivity contribution in [2.45, 2.75) is 60.0 Å². The predicted molar refractivity (Wildman–Crippen MR) is 132 cm³/mol. The third-order valence-electron chi connectivity index (χ3n) is 6.31. The normalized spacial score (nSPS) is 18.5. The highest BCUT2D eigenvalue weighted by molar-refractivity contribution is 7.80. The summed E-state index contributed by atoms with van der Waals surface area (Å²) in [6.07, 6.45) is 2.91. The maximum atomic E-state index is 5.77. The molecule has 0 bridgehead atoms. The van der Waals surface area contributed by atoms with Gasteiger partial charge in [-0.05, 0) is 88.1 Å². The largest absolute Gasteiger partial charge is 0.352 e. The Kier molecular flexibility index (Phi) is 5.89. The molecule has 4 rings (SSSR count). The Morgan fingerprint density at radius 1 is 1.03 bits per heavy atom. The highest BCUT2D eigenvalue weighted by atomic mass is 32.1. The van der Waals surface area contributed by atoms with E-state index in [2.05, 4.69) is 91.6 Å². The number of aryl methyl sites for hydroxylation is 4. The van der Waals surface area contributed by atoms with Crippen LogP contribution in [0.1, 0.15) is 64.8 Å². The highest BCUT2D eigenvalue weighted by Crippen LogP contribution is 2.41. The zero-order chi connectivity index (χ0) is 22.3. The number of hydrogen-bond donors (Lipinski definition) is 1. The molecule has 5 heteroatoms. The maximum Gasteiger partial charge on any atom is 0.170 e. The fraction of sp³-hybridized carbons (Fsp3) is 0.385. The minimum absolute atomic E-state index is 0.0365. The molecule has 1 aromatic carbocycles. The van der Waals surface area contributed by atoms with Crippen LogP contribution in [0.15, 0.2) is 42.6 Å². The molecule has 0 saturated carbocycles. The van der Waals surface area contributed by atoms with E-state index in [1.807, 2.05) is 12.3 Å². The SMILES string of the molecule is CCCN1C(=S)NC(c2ccccn2)C1c1cc(C)n(-c2c(C)cc(C)cc2C)c1C. The average molecular weight is 433 g/mol. The molecule has 0 spiro atoms. The van der Waals surface area contributed by atoms with Gasteiger partial charge in [-0.1, -0.05) is 30.7 Å². The van der Waals surface area contributed by atoms with E-state index in [1.54, 1.807) is 0 Å². The average Bonchev–Trinajstić information content (AvgIpc) is 3.19. The van der Waals surface area contributed by atoms with E-state index < -0.39 is 0 Å². The number of thiocarbonyl (C=S) groups is 1. The molecule has 3 aromatic rings. The monoisotopic (exact) mass is 432 g/mol. The number of nitrogens with zero attached hydrogens (tertiary/aromatic N) is 3. The minimum Gasteiger partial charge on any atom is -0.352 e. The first-order chi connectivity index (χ1) is 14.8. The van der Waals surface area contributed by atoms with Gasteiger partial charge in [-0.15, -0.1) is 0 Å². The number of benzene rings is 1. The molecule has 2 unspecified atom stereocenters. The van der Waals surface area contributed by atoms with Crippen molar-refractivity contribution in [2.75, 3.05) is 6.54 Å². The second-order valence-corrected chi connectivity index (χ2v) is 9.12. The number of hydrogen-bond acceptors (Lipinski definition) is 2. The lowest BCUT2D eigenvalue weighted by molar-refractivity contribution is 0.316. The van der Waals surface area contributed by atoms with Crippen LogP contribution in [0.25, 0.3) is 5.69 Å². The molecule has 31 heavy (non-hydrogen) atoms. The first-order valence-corrected chi connectivity index (χ1v) is 11.5. The summed E-state index contributed by atoms with van der Waals surface area (Å²) in [5.74, 6) is 0. The Morgan fingerprint density at radius 2 is 1.74 bits per heavy atom. The Hall–Kier alpha value is -2.66. The molecule has 1 aliphatic rings. The van der Waals surface area contributed by atoms with E-state index in [4.69, 9.17) is 12.2 Å². The highest BCUT2D eigenvalue weighted by Gasteiger charge is 2.41. The molecule has 3 heterocycles. The molecule has 0 amide bonds. The topological polar surface area (TPSA) is 33.1 Å². The van der Waals surface area contributed by atoms with Gasteiger partial charge in [-0.2, -0.15) is 0 Å². The Labute approximate surface area is 191 Å². The van der Waals surface area contributed by atoms with Crippen LogP contribution in [0.3, 0.4) is 0 Å². The number of pyridine rings is 1. The van der Waals surface area contributed by atoms with Gasteiger partial charge in [0.05, 0.1) is 23.5 Å². The van der Waals surface area contributed by atoms with Crippen molar-refractivity contribution in [3.8, 4) is 5.69 Å². The lowest BCUT2D eigenvalue weighted by atomic mass is 9.96. The summed E-state index contributed by atoms with van der Waals surface area (Å²) in [4.78, 5) is 7.01. The second kappa shape index (κ2) is 8.46. The van der Waals surface area contributed by atoms with Crippen molar-refractivity contribution in [3.63, 3.8) is 0 Å². The lowest BCUT2D eigenvalue weighted by Gasteiger charge is -2.28. The Bertz CT molecular complexity index is 1090. The van der Waals surface area contributed by atoms with Gasteiger partial charge in [-0.3, -0.25) is 4.98 Å². The Morgan fingerprint density at radius 3 is 2.35 bits per heavy atom. The number of rotatable bonds is 5. The van der Waals surface area contributed by atoms with Crippen LogP contribution in [0, 0.1) is 34.6 Å². The molecule has 2 aromatic heterocycles. The Balaban J connectivity index is 1.88. The molecular formula is C26H32N4S. The van der Waals surface area contributed by atoms with Gasteiger partial charge in [0.15, 0.2) is 5.11 Å². The van der Waals surface area contributed by atoms with Crippen LogP contribution in [-0.2, 0) is 0 Å². The third-order valence-corrected chi connectivity index (χ3v) is 6.66. The van der Waals surface area contributed by atoms with Crippen molar-refractivity contribution in [1.82, 2.24) is 19.8 Å². The molecular weight excluding hydrogens is 400 g/mol. The molecule has 1 aliphatic heterocycles. The lowest BCUT2D eigenvalue weighted by Crippen LogP contribution is -2.30. The first kappa shape index (κ1) is 21.6. The fourth-order valence-electron chi connectivity index (χ4n) is 5.18. The van der Waals surface area contributed by atoms with E-state index >= 15 is 0 Å². The summed E-state index contributed by atoms with van der Waals surface area (Å²) >= 11 is 5.77. The van der Waals surface area contributed by atoms with Crippen molar-refractivity contribution in [1.29, 1.82) is 0 Å². The van der Waals surface area contributed by atoms with Crippen molar-refractivity contribution < 1.29 is 0 Å². The summed E-state index contributed by atoms with van der Waals surface area (Å²) in [6.45, 7) is 14.1. The van der Waals surface area contributed by atoms with Crippen molar-refractivity contribution >= 4 is 17.3 Å². The standard InChI is InChI=1S/C26H32N4S/c1-7-12-29-25(23(28-26(29)31)22-10-8-9-11-27-22)21-15-19(5)30(20(21)6)24-17(3)13-16(2)14-18(24)4/h8-11,13-15,23,25H,7,12H2,1-6H3,(H,28,31). The molecule has 4 nitrogen and oxygen atoms in total. The van der Waals surface area contributed by atoms with Gasteiger partial charge in [0.25, 0.3) is 0 Å². The van der Waals surface area contributed by atoms with Crippen LogP contribution >= 0.6 is 12.2 Å². The molecule has 0 radical (unpaired) electrons. The van der Waals surface area contributed by atoms with Crippen molar-refractivity contribution in [3.05, 3.63) is 81.9 Å². The second-order valence-electron chi connectivity index (χ2n) is 8.73. The van der Waals surface area contributed by atoms with Crippen LogP contribution in [-0.4, -0.2) is 26.1 Å². The first-order valence-electron chi connectivity index (χ1n) is 11.1. The van der Waals surface area contributed by atoms with Gasteiger partial charge in [-0.25, -0.2) is 0 Å². The van der Waals surface area contributed by atoms with E-state index in [9.17, 15) is 0 Å². The summed E-state index contributed by atoms with van der Waals surface area (Å²) in [5, 5.41) is 4.38. The summed E-state index contributed by atoms with van der Waals surface area (Å²) in [5.41, 5.74) is 10.1. The molecule has 2 atom stereocenters. The molecule has 162 valence electrons. The molecule has 1 fully saturated rings. The van der Waals surface area contributed by atoms with Gasteiger partial charge < -0.3 is 14.8 Å². The minimum atomic E-state index is 0.0365. The van der Waals surface area contributed by atoms with E-state index in [0.717, 1.165) is 23.8 Å². The zero-order valence-corrected chi connectivity index (χ0v) is 20.2. The predicted octanol–water partition coefficient (Wildman–Crippen LogP) is 5.80. The van der Waals surface area contributed by atoms with Gasteiger partial charge in [0, 0.05) is 24.1 Å².